The molecule has 0 atom stereocenters. The number of carbonyl (C=O) groups is 1. The van der Waals surface area contributed by atoms with Crippen LogP contribution in [0.25, 0.3) is 11.2 Å². The SMILES string of the molecule is CCNC(=O)Nc1ccc2ncc(N3CCOCC3)nc2n1. The predicted octanol–water partition coefficient (Wildman–Crippen LogP) is 1.00. The van der Waals surface area contributed by atoms with Crippen molar-refractivity contribution in [3.8, 4) is 0 Å². The van der Waals surface area contributed by atoms with Crippen LogP contribution in [0.15, 0.2) is 18.3 Å². The first-order chi connectivity index (χ1) is 10.8. The summed E-state index contributed by atoms with van der Waals surface area (Å²) in [6, 6.07) is 3.22. The van der Waals surface area contributed by atoms with Crippen LogP contribution in [-0.4, -0.2) is 53.8 Å². The van der Waals surface area contributed by atoms with Crippen molar-refractivity contribution < 1.29 is 9.53 Å². The Balaban J connectivity index is 1.84. The summed E-state index contributed by atoms with van der Waals surface area (Å²) < 4.78 is 5.33. The summed E-state index contributed by atoms with van der Waals surface area (Å²) >= 11 is 0. The Bertz CT molecular complexity index is 671. The molecule has 1 aliphatic rings. The molecule has 3 rings (SSSR count). The fourth-order valence-electron chi connectivity index (χ4n) is 2.22. The lowest BCUT2D eigenvalue weighted by Crippen LogP contribution is -2.36. The summed E-state index contributed by atoms with van der Waals surface area (Å²) in [5, 5.41) is 5.33. The van der Waals surface area contributed by atoms with Gasteiger partial charge in [-0.15, -0.1) is 0 Å². The van der Waals surface area contributed by atoms with Gasteiger partial charge >= 0.3 is 6.03 Å². The number of ether oxygens (including phenoxy) is 1. The van der Waals surface area contributed by atoms with Gasteiger partial charge in [-0.2, -0.15) is 0 Å². The van der Waals surface area contributed by atoms with E-state index in [1.807, 2.05) is 6.92 Å². The summed E-state index contributed by atoms with van der Waals surface area (Å²) in [7, 11) is 0. The number of anilines is 2. The minimum Gasteiger partial charge on any atom is -0.378 e. The first-order valence-electron chi connectivity index (χ1n) is 7.27. The number of rotatable bonds is 3. The molecule has 2 N–H and O–H groups in total. The number of hydrogen-bond donors (Lipinski definition) is 2. The Morgan fingerprint density at radius 3 is 2.91 bits per heavy atom. The fourth-order valence-corrected chi connectivity index (χ4v) is 2.22. The van der Waals surface area contributed by atoms with Gasteiger partial charge in [0.1, 0.15) is 17.2 Å². The number of fused-ring (bicyclic) bond motifs is 1. The molecule has 2 amide bonds. The number of morpholine rings is 1. The van der Waals surface area contributed by atoms with Crippen molar-refractivity contribution in [3.05, 3.63) is 18.3 Å². The second-order valence-corrected chi connectivity index (χ2v) is 4.85. The third kappa shape index (κ3) is 3.22. The molecule has 8 nitrogen and oxygen atoms in total. The highest BCUT2D eigenvalue weighted by Crippen LogP contribution is 2.17. The Morgan fingerprint density at radius 2 is 2.14 bits per heavy atom. The lowest BCUT2D eigenvalue weighted by molar-refractivity contribution is 0.122. The van der Waals surface area contributed by atoms with Crippen molar-refractivity contribution in [1.29, 1.82) is 0 Å². The Hall–Kier alpha value is -2.48. The zero-order chi connectivity index (χ0) is 15.4. The third-order valence-corrected chi connectivity index (χ3v) is 3.31. The minimum absolute atomic E-state index is 0.286. The molecule has 2 aromatic heterocycles. The van der Waals surface area contributed by atoms with E-state index in [0.29, 0.717) is 36.7 Å². The number of pyridine rings is 1. The monoisotopic (exact) mass is 302 g/mol. The molecular formula is C14H18N6O2. The largest absolute Gasteiger partial charge is 0.378 e. The average Bonchev–Trinajstić information content (AvgIpc) is 2.55. The first kappa shape index (κ1) is 14.5. The van der Waals surface area contributed by atoms with E-state index in [-0.39, 0.29) is 6.03 Å². The molecule has 1 fully saturated rings. The molecular weight excluding hydrogens is 284 g/mol. The highest BCUT2D eigenvalue weighted by molar-refractivity contribution is 5.89. The molecule has 0 radical (unpaired) electrons. The standard InChI is InChI=1S/C14H18N6O2/c1-2-15-14(21)18-11-4-3-10-13(17-11)19-12(9-16-10)20-5-7-22-8-6-20/h3-4,9H,2,5-8H2,1H3,(H2,15,17,18,19,21). The van der Waals surface area contributed by atoms with E-state index in [4.69, 9.17) is 4.74 Å². The highest BCUT2D eigenvalue weighted by Gasteiger charge is 2.14. The van der Waals surface area contributed by atoms with Gasteiger partial charge in [0.2, 0.25) is 0 Å². The van der Waals surface area contributed by atoms with Gasteiger partial charge in [0, 0.05) is 19.6 Å². The van der Waals surface area contributed by atoms with Crippen LogP contribution < -0.4 is 15.5 Å². The predicted molar refractivity (Wildman–Crippen MR) is 83.1 cm³/mol. The van der Waals surface area contributed by atoms with E-state index in [0.717, 1.165) is 18.9 Å². The van der Waals surface area contributed by atoms with Crippen LogP contribution in [0.2, 0.25) is 0 Å². The van der Waals surface area contributed by atoms with Gasteiger partial charge in [-0.05, 0) is 19.1 Å². The highest BCUT2D eigenvalue weighted by atomic mass is 16.5. The number of carbonyl (C=O) groups excluding carboxylic acids is 1. The molecule has 0 spiro atoms. The van der Waals surface area contributed by atoms with Crippen LogP contribution in [0.5, 0.6) is 0 Å². The zero-order valence-electron chi connectivity index (χ0n) is 12.4. The molecule has 0 saturated carbocycles. The molecule has 0 unspecified atom stereocenters. The molecule has 3 heterocycles. The zero-order valence-corrected chi connectivity index (χ0v) is 12.4. The van der Waals surface area contributed by atoms with E-state index >= 15 is 0 Å². The van der Waals surface area contributed by atoms with Crippen LogP contribution >= 0.6 is 0 Å². The third-order valence-electron chi connectivity index (χ3n) is 3.31. The average molecular weight is 302 g/mol. The molecule has 1 saturated heterocycles. The Kier molecular flexibility index (Phi) is 4.29. The van der Waals surface area contributed by atoms with Gasteiger partial charge < -0.3 is 15.0 Å². The topological polar surface area (TPSA) is 92.3 Å². The van der Waals surface area contributed by atoms with E-state index in [9.17, 15) is 4.79 Å². The molecule has 0 bridgehead atoms. The van der Waals surface area contributed by atoms with Crippen molar-refractivity contribution in [2.45, 2.75) is 6.92 Å². The van der Waals surface area contributed by atoms with Crippen molar-refractivity contribution in [1.82, 2.24) is 20.3 Å². The normalized spacial score (nSPS) is 14.9. The Morgan fingerprint density at radius 1 is 1.32 bits per heavy atom. The molecule has 2 aromatic rings. The summed E-state index contributed by atoms with van der Waals surface area (Å²) in [5.41, 5.74) is 1.21. The molecule has 22 heavy (non-hydrogen) atoms. The van der Waals surface area contributed by atoms with Crippen molar-refractivity contribution in [3.63, 3.8) is 0 Å². The number of urea groups is 1. The number of nitrogens with one attached hydrogen (secondary N) is 2. The van der Waals surface area contributed by atoms with Crippen molar-refractivity contribution in [2.24, 2.45) is 0 Å². The molecule has 116 valence electrons. The smallest absolute Gasteiger partial charge is 0.320 e. The van der Waals surface area contributed by atoms with Crippen molar-refractivity contribution >= 4 is 28.8 Å². The summed E-state index contributed by atoms with van der Waals surface area (Å²) in [5.74, 6) is 1.23. The van der Waals surface area contributed by atoms with Gasteiger partial charge in [0.05, 0.1) is 19.4 Å². The van der Waals surface area contributed by atoms with E-state index < -0.39 is 0 Å². The van der Waals surface area contributed by atoms with Gasteiger partial charge in [-0.25, -0.2) is 19.7 Å². The molecule has 0 aliphatic carbocycles. The molecule has 0 aromatic carbocycles. The maximum absolute atomic E-state index is 11.5. The molecule has 1 aliphatic heterocycles. The van der Waals surface area contributed by atoms with Crippen LogP contribution in [0.4, 0.5) is 16.4 Å². The van der Waals surface area contributed by atoms with Gasteiger partial charge in [-0.3, -0.25) is 5.32 Å². The number of nitrogens with zero attached hydrogens (tertiary/aromatic N) is 4. The first-order valence-corrected chi connectivity index (χ1v) is 7.27. The van der Waals surface area contributed by atoms with E-state index in [2.05, 4.69) is 30.5 Å². The number of amides is 2. The lowest BCUT2D eigenvalue weighted by Gasteiger charge is -2.27. The van der Waals surface area contributed by atoms with E-state index in [1.165, 1.54) is 0 Å². The number of hydrogen-bond acceptors (Lipinski definition) is 6. The fraction of sp³-hybridized carbons (Fsp3) is 0.429. The van der Waals surface area contributed by atoms with Gasteiger partial charge in [-0.1, -0.05) is 0 Å². The minimum atomic E-state index is -0.286. The maximum Gasteiger partial charge on any atom is 0.320 e. The quantitative estimate of drug-likeness (QED) is 0.879. The van der Waals surface area contributed by atoms with Crippen LogP contribution in [0.1, 0.15) is 6.92 Å². The number of aromatic nitrogens is 3. The molecule has 8 heteroatoms. The summed E-state index contributed by atoms with van der Waals surface area (Å²) in [4.78, 5) is 26.9. The van der Waals surface area contributed by atoms with Crippen molar-refractivity contribution in [2.75, 3.05) is 43.1 Å². The van der Waals surface area contributed by atoms with Gasteiger partial charge in [0.15, 0.2) is 5.65 Å². The lowest BCUT2D eigenvalue weighted by atomic mass is 10.3. The van der Waals surface area contributed by atoms with Crippen LogP contribution in [-0.2, 0) is 4.74 Å². The van der Waals surface area contributed by atoms with Gasteiger partial charge in [0.25, 0.3) is 0 Å². The van der Waals surface area contributed by atoms with Crippen LogP contribution in [0, 0.1) is 0 Å². The second kappa shape index (κ2) is 6.52. The van der Waals surface area contributed by atoms with E-state index in [1.54, 1.807) is 18.3 Å². The second-order valence-electron chi connectivity index (χ2n) is 4.85. The summed E-state index contributed by atoms with van der Waals surface area (Å²) in [6.45, 7) is 5.36. The Labute approximate surface area is 127 Å². The summed E-state index contributed by atoms with van der Waals surface area (Å²) in [6.07, 6.45) is 1.74. The van der Waals surface area contributed by atoms with Crippen LogP contribution in [0.3, 0.4) is 0 Å². The maximum atomic E-state index is 11.5.